The first-order valence-corrected chi connectivity index (χ1v) is 4.18. The summed E-state index contributed by atoms with van der Waals surface area (Å²) in [6, 6.07) is 0. The minimum Gasteiger partial charge on any atom is -0.215 e. The second kappa shape index (κ2) is 2.18. The van der Waals surface area contributed by atoms with Crippen molar-refractivity contribution in [2.24, 2.45) is 4.40 Å². The fraction of sp³-hybridized carbons (Fsp3) is 0. The molecule has 1 aliphatic heterocycles. The van der Waals surface area contributed by atoms with Crippen molar-refractivity contribution in [2.75, 3.05) is 0 Å². The lowest BCUT2D eigenvalue weighted by atomic mass is 10.7. The second-order valence-electron chi connectivity index (χ2n) is 0.927. The van der Waals surface area contributed by atoms with Crippen LogP contribution in [0.4, 0.5) is 0 Å². The van der Waals surface area contributed by atoms with Gasteiger partial charge in [0, 0.05) is 21.3 Å². The van der Waals surface area contributed by atoms with Crippen LogP contribution in [-0.2, 0) is 19.9 Å². The molecule has 0 amide bonds. The molecule has 0 fully saturated rings. The summed E-state index contributed by atoms with van der Waals surface area (Å²) in [5.41, 5.74) is 0. The summed E-state index contributed by atoms with van der Waals surface area (Å²) in [6.45, 7) is 0. The Morgan fingerprint density at radius 1 is 1.71 bits per heavy atom. The predicted octanol–water partition coefficient (Wildman–Crippen LogP) is 0.246. The maximum Gasteiger partial charge on any atom is 0.147 e. The number of allylic oxidation sites excluding steroid dienone is 1. The van der Waals surface area contributed by atoms with E-state index in [2.05, 4.69) is 4.40 Å². The van der Waals surface area contributed by atoms with Gasteiger partial charge in [0.1, 0.15) is 10.2 Å². The lowest BCUT2D eigenvalue weighted by Crippen LogP contribution is -1.64. The van der Waals surface area contributed by atoms with Gasteiger partial charge in [-0.15, -0.1) is 0 Å². The average Bonchev–Trinajstić information content (AvgIpc) is 2.14. The van der Waals surface area contributed by atoms with E-state index in [1.54, 1.807) is 17.7 Å². The Morgan fingerprint density at radius 3 is 2.86 bits per heavy atom. The number of nitrogens with zero attached hydrogens (tertiary/aromatic N) is 1. The SMILES string of the molecule is O=S=S1C=CC=N1. The molecule has 0 spiro atoms. The normalized spacial score (nSPS) is 26.0. The molecule has 0 N–H and O–H groups in total. The van der Waals surface area contributed by atoms with E-state index in [1.165, 1.54) is 0 Å². The van der Waals surface area contributed by atoms with Crippen LogP contribution in [0.5, 0.6) is 0 Å². The Bertz CT molecular complexity index is 163. The molecule has 1 heterocycles. The Hall–Kier alpha value is -0.220. The molecule has 0 saturated carbocycles. The standard InChI is InChI=1S/C3H3NOS2/c5-6-7-3-1-2-4-7/h1-3H. The molecule has 1 rings (SSSR count). The van der Waals surface area contributed by atoms with Crippen LogP contribution in [0, 0.1) is 0 Å². The van der Waals surface area contributed by atoms with Gasteiger partial charge >= 0.3 is 0 Å². The van der Waals surface area contributed by atoms with Crippen molar-refractivity contribution >= 4 is 26.1 Å². The minimum atomic E-state index is -0.384. The summed E-state index contributed by atoms with van der Waals surface area (Å²) in [6.07, 6.45) is 3.43. The van der Waals surface area contributed by atoms with Gasteiger partial charge < -0.3 is 0 Å². The van der Waals surface area contributed by atoms with Gasteiger partial charge in [-0.05, 0) is 6.08 Å². The second-order valence-corrected chi connectivity index (χ2v) is 3.53. The van der Waals surface area contributed by atoms with Gasteiger partial charge in [0.05, 0.1) is 0 Å². The van der Waals surface area contributed by atoms with Crippen LogP contribution in [0.15, 0.2) is 15.9 Å². The first-order chi connectivity index (χ1) is 3.43. The first kappa shape index (κ1) is 4.93. The van der Waals surface area contributed by atoms with Crippen LogP contribution in [0.25, 0.3) is 0 Å². The molecular weight excluding hydrogens is 130 g/mol. The molecule has 4 heteroatoms. The highest BCUT2D eigenvalue weighted by Gasteiger charge is 1.86. The largest absolute Gasteiger partial charge is 0.215 e. The molecule has 0 saturated heterocycles. The van der Waals surface area contributed by atoms with Crippen LogP contribution in [0.3, 0.4) is 0 Å². The zero-order valence-corrected chi connectivity index (χ0v) is 5.04. The van der Waals surface area contributed by atoms with Crippen molar-refractivity contribution in [2.45, 2.75) is 0 Å². The maximum absolute atomic E-state index is 9.90. The fourth-order valence-corrected chi connectivity index (χ4v) is 1.40. The third-order valence-corrected chi connectivity index (χ3v) is 2.38. The highest BCUT2D eigenvalue weighted by atomic mass is 32.8. The molecule has 0 radical (unpaired) electrons. The van der Waals surface area contributed by atoms with Crippen molar-refractivity contribution in [1.29, 1.82) is 0 Å². The van der Waals surface area contributed by atoms with Crippen molar-refractivity contribution in [3.63, 3.8) is 0 Å². The lowest BCUT2D eigenvalue weighted by Gasteiger charge is -1.71. The van der Waals surface area contributed by atoms with Crippen LogP contribution in [0.2, 0.25) is 0 Å². The van der Waals surface area contributed by atoms with Gasteiger partial charge in [-0.3, -0.25) is 0 Å². The minimum absolute atomic E-state index is 0.384. The van der Waals surface area contributed by atoms with Crippen molar-refractivity contribution in [1.82, 2.24) is 0 Å². The van der Waals surface area contributed by atoms with Crippen LogP contribution < -0.4 is 0 Å². The lowest BCUT2D eigenvalue weighted by molar-refractivity contribution is 0.701. The average molecular weight is 133 g/mol. The summed E-state index contributed by atoms with van der Waals surface area (Å²) in [5.74, 6) is 0. The topological polar surface area (TPSA) is 29.4 Å². The molecule has 1 unspecified atom stereocenters. The smallest absolute Gasteiger partial charge is 0.147 e. The van der Waals surface area contributed by atoms with Gasteiger partial charge in [0.2, 0.25) is 0 Å². The molecule has 7 heavy (non-hydrogen) atoms. The first-order valence-electron chi connectivity index (χ1n) is 1.68. The molecule has 38 valence electrons. The monoisotopic (exact) mass is 133 g/mol. The van der Waals surface area contributed by atoms with Crippen LogP contribution in [0.1, 0.15) is 0 Å². The fourth-order valence-electron chi connectivity index (χ4n) is 0.273. The van der Waals surface area contributed by atoms with E-state index in [9.17, 15) is 4.21 Å². The van der Waals surface area contributed by atoms with Crippen LogP contribution in [-0.4, -0.2) is 10.4 Å². The van der Waals surface area contributed by atoms with E-state index in [0.29, 0.717) is 10.2 Å². The number of hydrogen-bond acceptors (Lipinski definition) is 1. The van der Waals surface area contributed by atoms with E-state index in [4.69, 9.17) is 0 Å². The quantitative estimate of drug-likeness (QED) is 0.465. The highest BCUT2D eigenvalue weighted by molar-refractivity contribution is 8.32. The van der Waals surface area contributed by atoms with Crippen LogP contribution >= 0.6 is 0 Å². The molecule has 0 aromatic carbocycles. The van der Waals surface area contributed by atoms with Gasteiger partial charge in [0.15, 0.2) is 0 Å². The maximum atomic E-state index is 9.90. The molecule has 1 atom stereocenters. The molecular formula is C3H3NOS2. The molecule has 0 bridgehead atoms. The highest BCUT2D eigenvalue weighted by Crippen LogP contribution is 1.92. The summed E-state index contributed by atoms with van der Waals surface area (Å²) in [7, 11) is 0.141. The zero-order valence-electron chi connectivity index (χ0n) is 3.40. The van der Waals surface area contributed by atoms with E-state index in [0.717, 1.165) is 0 Å². The Morgan fingerprint density at radius 2 is 2.57 bits per heavy atom. The van der Waals surface area contributed by atoms with Crippen molar-refractivity contribution in [3.8, 4) is 0 Å². The zero-order chi connectivity index (χ0) is 5.11. The Balaban J connectivity index is 3.00. The number of rotatable bonds is 0. The summed E-state index contributed by atoms with van der Waals surface area (Å²) >= 11 is 0. The van der Waals surface area contributed by atoms with Gasteiger partial charge in [-0.25, -0.2) is 8.61 Å². The summed E-state index contributed by atoms with van der Waals surface area (Å²) < 4.78 is 13.7. The molecule has 0 aliphatic carbocycles. The molecule has 0 aromatic heterocycles. The van der Waals surface area contributed by atoms with Crippen molar-refractivity contribution in [3.05, 3.63) is 11.5 Å². The Kier molecular flexibility index (Phi) is 1.54. The third-order valence-electron chi connectivity index (χ3n) is 0.516. The van der Waals surface area contributed by atoms with E-state index >= 15 is 0 Å². The Labute approximate surface area is 46.8 Å². The van der Waals surface area contributed by atoms with E-state index < -0.39 is 0 Å². The molecule has 0 aromatic rings. The predicted molar refractivity (Wildman–Crippen MR) is 33.1 cm³/mol. The summed E-state index contributed by atoms with van der Waals surface area (Å²) in [4.78, 5) is 0. The third kappa shape index (κ3) is 1.07. The molecule has 1 aliphatic rings. The van der Waals surface area contributed by atoms with Gasteiger partial charge in [0.25, 0.3) is 0 Å². The van der Waals surface area contributed by atoms with E-state index in [1.807, 2.05) is 0 Å². The molecule has 2 nitrogen and oxygen atoms in total. The van der Waals surface area contributed by atoms with Gasteiger partial charge in [-0.1, -0.05) is 0 Å². The van der Waals surface area contributed by atoms with Crippen molar-refractivity contribution < 1.29 is 4.21 Å². The number of hydrogen-bond donors (Lipinski definition) is 0. The van der Waals surface area contributed by atoms with Gasteiger partial charge in [-0.2, -0.15) is 0 Å². The van der Waals surface area contributed by atoms with E-state index in [-0.39, 0.29) is 9.64 Å². The summed E-state index contributed by atoms with van der Waals surface area (Å²) in [5, 5.41) is 1.79.